The van der Waals surface area contributed by atoms with Crippen LogP contribution in [0.2, 0.25) is 0 Å². The molecule has 4 heterocycles. The lowest BCUT2D eigenvalue weighted by Crippen LogP contribution is -2.46. The van der Waals surface area contributed by atoms with Crippen LogP contribution in [0.25, 0.3) is 21.3 Å². The van der Waals surface area contributed by atoms with Gasteiger partial charge >= 0.3 is 0 Å². The van der Waals surface area contributed by atoms with Crippen LogP contribution in [0.15, 0.2) is 49.1 Å². The number of nitrogens with zero attached hydrogens (tertiary/aromatic N) is 4. The highest BCUT2D eigenvalue weighted by atomic mass is 32.1. The van der Waals surface area contributed by atoms with Crippen LogP contribution in [0.4, 0.5) is 5.82 Å². The van der Waals surface area contributed by atoms with Crippen molar-refractivity contribution in [1.29, 1.82) is 0 Å². The van der Waals surface area contributed by atoms with E-state index in [-0.39, 0.29) is 0 Å². The van der Waals surface area contributed by atoms with Crippen LogP contribution in [-0.4, -0.2) is 45.4 Å². The third kappa shape index (κ3) is 5.72. The molecular weight excluding hydrogens is 454 g/mol. The van der Waals surface area contributed by atoms with Crippen molar-refractivity contribution in [3.63, 3.8) is 0 Å². The predicted molar refractivity (Wildman–Crippen MR) is 145 cm³/mol. The Hall–Kier alpha value is -2.81. The summed E-state index contributed by atoms with van der Waals surface area (Å²) in [6.07, 6.45) is 12.1. The van der Waals surface area contributed by atoms with Crippen molar-refractivity contribution < 1.29 is 0 Å². The van der Waals surface area contributed by atoms with E-state index in [0.29, 0.717) is 17.8 Å². The molecule has 8 heteroatoms. The Morgan fingerprint density at radius 3 is 2.63 bits per heavy atom. The van der Waals surface area contributed by atoms with Crippen LogP contribution in [0.5, 0.6) is 0 Å². The standard InChI is InChI=1S/C22H23N5S.C5H12N2/c23-22-18-19(24-14-25-22)21(16-9-5-2-6-10-16)28-20(18)17-11-26-27(13-17)12-15-7-3-1-4-8-15;1-5-4-6-2-3-7-5/h1,3-4,7-8,11,13-14,16H,2,5-6,9-10,12H2,(H2,23,24,25);5-7H,2-4H2,1H3. The van der Waals surface area contributed by atoms with Crippen LogP contribution in [0, 0.1) is 0 Å². The minimum absolute atomic E-state index is 0.564. The number of nitrogen functional groups attached to an aromatic ring is 1. The number of hydrogen-bond donors (Lipinski definition) is 3. The molecule has 1 atom stereocenters. The Kier molecular flexibility index (Phi) is 7.71. The Bertz CT molecular complexity index is 1220. The van der Waals surface area contributed by atoms with Crippen molar-refractivity contribution in [2.24, 2.45) is 0 Å². The number of aromatic nitrogens is 4. The van der Waals surface area contributed by atoms with Gasteiger partial charge in [0.2, 0.25) is 0 Å². The van der Waals surface area contributed by atoms with E-state index in [4.69, 9.17) is 5.73 Å². The summed E-state index contributed by atoms with van der Waals surface area (Å²) in [4.78, 5) is 11.4. The molecule has 184 valence electrons. The van der Waals surface area contributed by atoms with E-state index in [1.807, 2.05) is 28.3 Å². The third-order valence-electron chi connectivity index (χ3n) is 6.85. The molecule has 3 aromatic heterocycles. The number of piperazine rings is 1. The van der Waals surface area contributed by atoms with Gasteiger partial charge in [-0.05, 0) is 31.2 Å². The van der Waals surface area contributed by atoms with E-state index in [1.165, 1.54) is 42.5 Å². The van der Waals surface area contributed by atoms with Gasteiger partial charge in [0.15, 0.2) is 0 Å². The second kappa shape index (κ2) is 11.3. The smallest absolute Gasteiger partial charge is 0.136 e. The molecule has 1 aromatic carbocycles. The fourth-order valence-electron chi connectivity index (χ4n) is 5.00. The molecular formula is C27H35N7S. The van der Waals surface area contributed by atoms with Gasteiger partial charge in [0.1, 0.15) is 12.1 Å². The molecule has 0 amide bonds. The molecule has 35 heavy (non-hydrogen) atoms. The van der Waals surface area contributed by atoms with Crippen molar-refractivity contribution in [3.8, 4) is 10.4 Å². The predicted octanol–water partition coefficient (Wildman–Crippen LogP) is 4.80. The Labute approximate surface area is 211 Å². The van der Waals surface area contributed by atoms with Crippen LogP contribution < -0.4 is 16.4 Å². The summed E-state index contributed by atoms with van der Waals surface area (Å²) in [6, 6.07) is 11.1. The molecule has 1 saturated carbocycles. The summed E-state index contributed by atoms with van der Waals surface area (Å²) >= 11 is 1.83. The van der Waals surface area contributed by atoms with Gasteiger partial charge in [0.25, 0.3) is 0 Å². The first-order valence-electron chi connectivity index (χ1n) is 12.7. The molecule has 4 N–H and O–H groups in total. The SMILES string of the molecule is CC1CNCCN1.Nc1ncnc2c(C3CCCCC3)sc(-c3cnn(Cc4ccccc4)c3)c12. The van der Waals surface area contributed by atoms with E-state index in [9.17, 15) is 0 Å². The number of fused-ring (bicyclic) bond motifs is 1. The van der Waals surface area contributed by atoms with Crippen LogP contribution in [0.1, 0.15) is 55.4 Å². The zero-order chi connectivity index (χ0) is 24.0. The second-order valence-electron chi connectivity index (χ2n) is 9.58. The van der Waals surface area contributed by atoms with Crippen LogP contribution in [0.3, 0.4) is 0 Å². The maximum Gasteiger partial charge on any atom is 0.136 e. The van der Waals surface area contributed by atoms with Gasteiger partial charge in [-0.3, -0.25) is 4.68 Å². The maximum absolute atomic E-state index is 6.30. The van der Waals surface area contributed by atoms with Crippen molar-refractivity contribution in [3.05, 3.63) is 59.5 Å². The molecule has 2 aliphatic rings. The van der Waals surface area contributed by atoms with Gasteiger partial charge in [-0.25, -0.2) is 9.97 Å². The lowest BCUT2D eigenvalue weighted by atomic mass is 9.87. The number of nitrogens with two attached hydrogens (primary N) is 1. The highest BCUT2D eigenvalue weighted by molar-refractivity contribution is 7.17. The Morgan fingerprint density at radius 1 is 1.09 bits per heavy atom. The van der Waals surface area contributed by atoms with E-state index < -0.39 is 0 Å². The number of nitrogens with one attached hydrogen (secondary N) is 2. The molecule has 0 radical (unpaired) electrons. The summed E-state index contributed by atoms with van der Waals surface area (Å²) < 4.78 is 1.98. The third-order valence-corrected chi connectivity index (χ3v) is 8.24. The van der Waals surface area contributed by atoms with Gasteiger partial charge in [-0.2, -0.15) is 5.10 Å². The van der Waals surface area contributed by atoms with Crippen molar-refractivity contribution in [2.45, 2.75) is 57.5 Å². The molecule has 6 rings (SSSR count). The van der Waals surface area contributed by atoms with E-state index in [0.717, 1.165) is 47.5 Å². The highest BCUT2D eigenvalue weighted by Crippen LogP contribution is 2.46. The minimum atomic E-state index is 0.564. The molecule has 2 fully saturated rings. The van der Waals surface area contributed by atoms with E-state index in [1.54, 1.807) is 6.33 Å². The van der Waals surface area contributed by atoms with Gasteiger partial charge in [0, 0.05) is 42.3 Å². The summed E-state index contributed by atoms with van der Waals surface area (Å²) in [7, 11) is 0. The van der Waals surface area contributed by atoms with Gasteiger partial charge in [-0.1, -0.05) is 49.6 Å². The van der Waals surface area contributed by atoms with Crippen molar-refractivity contribution in [2.75, 3.05) is 25.4 Å². The number of thiophene rings is 1. The highest BCUT2D eigenvalue weighted by Gasteiger charge is 2.25. The summed E-state index contributed by atoms with van der Waals surface area (Å²) in [6.45, 7) is 6.32. The molecule has 1 aliphatic heterocycles. The monoisotopic (exact) mass is 489 g/mol. The van der Waals surface area contributed by atoms with Crippen LogP contribution in [-0.2, 0) is 6.54 Å². The lowest BCUT2D eigenvalue weighted by Gasteiger charge is -2.20. The lowest BCUT2D eigenvalue weighted by molar-refractivity contribution is 0.442. The summed E-state index contributed by atoms with van der Waals surface area (Å²) in [5.41, 5.74) is 9.66. The zero-order valence-electron chi connectivity index (χ0n) is 20.4. The molecule has 0 bridgehead atoms. The topological polar surface area (TPSA) is 93.7 Å². The molecule has 1 unspecified atom stereocenters. The number of anilines is 1. The van der Waals surface area contributed by atoms with Crippen molar-refractivity contribution >= 4 is 28.1 Å². The number of hydrogen-bond acceptors (Lipinski definition) is 7. The Balaban J connectivity index is 0.000000313. The molecule has 1 aliphatic carbocycles. The first-order chi connectivity index (χ1) is 17.2. The van der Waals surface area contributed by atoms with E-state index >= 15 is 0 Å². The van der Waals surface area contributed by atoms with Gasteiger partial charge in [-0.15, -0.1) is 11.3 Å². The summed E-state index contributed by atoms with van der Waals surface area (Å²) in [5, 5.41) is 12.2. The maximum atomic E-state index is 6.30. The second-order valence-corrected chi connectivity index (χ2v) is 10.6. The molecule has 4 aromatic rings. The number of rotatable bonds is 4. The quantitative estimate of drug-likeness (QED) is 0.381. The fraction of sp³-hybridized carbons (Fsp3) is 0.444. The molecule has 1 saturated heterocycles. The molecule has 0 spiro atoms. The number of benzene rings is 1. The first kappa shape index (κ1) is 23.9. The Morgan fingerprint density at radius 2 is 1.91 bits per heavy atom. The largest absolute Gasteiger partial charge is 0.383 e. The average molecular weight is 490 g/mol. The minimum Gasteiger partial charge on any atom is -0.383 e. The normalized spacial score (nSPS) is 18.8. The average Bonchev–Trinajstić information content (AvgIpc) is 3.52. The summed E-state index contributed by atoms with van der Waals surface area (Å²) in [5.74, 6) is 1.15. The van der Waals surface area contributed by atoms with Crippen molar-refractivity contribution in [1.82, 2.24) is 30.4 Å². The molecule has 7 nitrogen and oxygen atoms in total. The first-order valence-corrected chi connectivity index (χ1v) is 13.5. The van der Waals surface area contributed by atoms with Crippen LogP contribution >= 0.6 is 11.3 Å². The van der Waals surface area contributed by atoms with Gasteiger partial charge < -0.3 is 16.4 Å². The zero-order valence-corrected chi connectivity index (χ0v) is 21.2. The fourth-order valence-corrected chi connectivity index (χ4v) is 6.40. The van der Waals surface area contributed by atoms with E-state index in [2.05, 4.69) is 63.1 Å². The van der Waals surface area contributed by atoms with Gasteiger partial charge in [0.05, 0.1) is 28.5 Å².